The van der Waals surface area contributed by atoms with Gasteiger partial charge >= 0.3 is 11.9 Å². The topological polar surface area (TPSA) is 69.7 Å². The molecule has 148 valence electrons. The third kappa shape index (κ3) is 5.91. The van der Waals surface area contributed by atoms with E-state index in [-0.39, 0.29) is 5.76 Å². The van der Waals surface area contributed by atoms with Crippen LogP contribution < -0.4 is 0 Å². The van der Waals surface area contributed by atoms with Crippen LogP contribution in [0, 0.1) is 17.8 Å². The van der Waals surface area contributed by atoms with Crippen LogP contribution in [-0.2, 0) is 14.3 Å². The minimum Gasteiger partial charge on any atom is -0.453 e. The highest BCUT2D eigenvalue weighted by molar-refractivity contribution is 6.09. The lowest BCUT2D eigenvalue weighted by molar-refractivity contribution is -0.113. The molecule has 0 aliphatic heterocycles. The summed E-state index contributed by atoms with van der Waals surface area (Å²) in [6.45, 7) is 5.72. The van der Waals surface area contributed by atoms with Gasteiger partial charge < -0.3 is 9.47 Å². The molecule has 3 rings (SSSR count). The first kappa shape index (κ1) is 21.6. The van der Waals surface area contributed by atoms with Gasteiger partial charge in [-0.25, -0.2) is 9.59 Å². The Kier molecular flexibility index (Phi) is 7.93. The Bertz CT molecular complexity index is 949. The largest absolute Gasteiger partial charge is 0.453 e. The van der Waals surface area contributed by atoms with Gasteiger partial charge in [-0.3, -0.25) is 4.79 Å². The molecule has 5 heteroatoms. The van der Waals surface area contributed by atoms with E-state index in [2.05, 4.69) is 11.8 Å². The monoisotopic (exact) mass is 390 g/mol. The van der Waals surface area contributed by atoms with Crippen LogP contribution in [0.25, 0.3) is 0 Å². The summed E-state index contributed by atoms with van der Waals surface area (Å²) in [6, 6.07) is 16.8. The predicted molar refractivity (Wildman–Crippen MR) is 109 cm³/mol. The quantitative estimate of drug-likeness (QED) is 0.445. The number of ether oxygens (including phenoxy) is 2. The fraction of sp³-hybridized carbons (Fsp3) is 0.208. The molecule has 0 aromatic heterocycles. The van der Waals surface area contributed by atoms with E-state index in [0.29, 0.717) is 11.1 Å². The average Bonchev–Trinajstić information content (AvgIpc) is 2.90. The van der Waals surface area contributed by atoms with Crippen molar-refractivity contribution in [2.75, 3.05) is 0 Å². The lowest BCUT2D eigenvalue weighted by Crippen LogP contribution is -2.23. The van der Waals surface area contributed by atoms with E-state index >= 15 is 0 Å². The van der Waals surface area contributed by atoms with Crippen LogP contribution >= 0.6 is 0 Å². The summed E-state index contributed by atoms with van der Waals surface area (Å²) in [6.07, 6.45) is 0.497. The fourth-order valence-corrected chi connectivity index (χ4v) is 2.41. The normalized spacial score (nSPS) is 17.3. The minimum absolute atomic E-state index is 0.244. The van der Waals surface area contributed by atoms with Gasteiger partial charge in [0.2, 0.25) is 0 Å². The van der Waals surface area contributed by atoms with Gasteiger partial charge in [0.1, 0.15) is 6.10 Å². The van der Waals surface area contributed by atoms with Crippen molar-refractivity contribution in [2.24, 2.45) is 5.92 Å². The highest BCUT2D eigenvalue weighted by Gasteiger charge is 2.26. The molecule has 0 N–H and O–H groups in total. The number of rotatable bonds is 4. The van der Waals surface area contributed by atoms with Crippen molar-refractivity contribution in [1.29, 1.82) is 0 Å². The van der Waals surface area contributed by atoms with E-state index in [1.54, 1.807) is 67.6 Å². The molecular formula is C24H22O5. The predicted octanol–water partition coefficient (Wildman–Crippen LogP) is 4.20. The molecule has 0 amide bonds. The molecule has 0 fully saturated rings. The molecule has 0 spiro atoms. The van der Waals surface area contributed by atoms with Crippen molar-refractivity contribution in [1.82, 2.24) is 0 Å². The second-order valence-electron chi connectivity index (χ2n) is 5.91. The molecule has 2 aromatic rings. The highest BCUT2D eigenvalue weighted by Crippen LogP contribution is 2.18. The van der Waals surface area contributed by atoms with Gasteiger partial charge in [-0.15, -0.1) is 0 Å². The van der Waals surface area contributed by atoms with Crippen LogP contribution in [0.5, 0.6) is 0 Å². The Morgan fingerprint density at radius 1 is 0.862 bits per heavy atom. The third-order valence-electron chi connectivity index (χ3n) is 3.91. The van der Waals surface area contributed by atoms with Gasteiger partial charge in [-0.2, -0.15) is 0 Å². The van der Waals surface area contributed by atoms with E-state index in [1.807, 2.05) is 13.8 Å². The van der Waals surface area contributed by atoms with E-state index in [1.165, 1.54) is 6.08 Å². The molecule has 2 atom stereocenters. The van der Waals surface area contributed by atoms with Crippen LogP contribution in [0.3, 0.4) is 0 Å². The second kappa shape index (κ2) is 10.6. The lowest BCUT2D eigenvalue weighted by atomic mass is 10.1. The number of benzene rings is 2. The van der Waals surface area contributed by atoms with Gasteiger partial charge in [0.25, 0.3) is 5.78 Å². The molecule has 1 aliphatic rings. The average molecular weight is 390 g/mol. The van der Waals surface area contributed by atoms with Crippen molar-refractivity contribution in [3.63, 3.8) is 0 Å². The van der Waals surface area contributed by atoms with E-state index in [9.17, 15) is 14.4 Å². The Labute approximate surface area is 170 Å². The summed E-state index contributed by atoms with van der Waals surface area (Å²) in [5, 5.41) is 0. The fourth-order valence-electron chi connectivity index (χ4n) is 2.41. The van der Waals surface area contributed by atoms with Gasteiger partial charge in [-0.1, -0.05) is 56.2 Å². The molecule has 29 heavy (non-hydrogen) atoms. The zero-order valence-corrected chi connectivity index (χ0v) is 16.5. The van der Waals surface area contributed by atoms with E-state index in [4.69, 9.17) is 9.47 Å². The summed E-state index contributed by atoms with van der Waals surface area (Å²) >= 11 is 0. The molecule has 2 unspecified atom stereocenters. The van der Waals surface area contributed by atoms with Crippen molar-refractivity contribution in [3.05, 3.63) is 83.6 Å². The van der Waals surface area contributed by atoms with Crippen molar-refractivity contribution in [3.8, 4) is 11.8 Å². The Morgan fingerprint density at radius 3 is 1.93 bits per heavy atom. The van der Waals surface area contributed by atoms with Gasteiger partial charge in [0, 0.05) is 6.08 Å². The number of hydrogen-bond donors (Lipinski definition) is 0. The summed E-state index contributed by atoms with van der Waals surface area (Å²) in [5.41, 5.74) is 0.679. The summed E-state index contributed by atoms with van der Waals surface area (Å²) in [4.78, 5) is 36.7. The molecule has 0 radical (unpaired) electrons. The Hall–Kier alpha value is -3.65. The number of esters is 2. The molecule has 0 saturated carbocycles. The molecule has 2 aromatic carbocycles. The van der Waals surface area contributed by atoms with Crippen molar-refractivity contribution in [2.45, 2.75) is 26.9 Å². The first-order valence-electron chi connectivity index (χ1n) is 9.35. The van der Waals surface area contributed by atoms with Gasteiger partial charge in [0.05, 0.1) is 17.0 Å². The molecule has 0 heterocycles. The standard InChI is InChI=1S/C22H16O5.C2H6/c1-15-12-13-18(23)20(27-22(25)17-10-6-3-7-11-17)14-19(15)26-21(24)16-8-4-2-5-9-16;1-2/h2-11,14-15,19H,1H3;1-2H3. The minimum atomic E-state index is -0.824. The number of allylic oxidation sites excluding steroid dienone is 1. The van der Waals surface area contributed by atoms with Crippen LogP contribution in [0.2, 0.25) is 0 Å². The molecule has 1 aliphatic carbocycles. The second-order valence-corrected chi connectivity index (χ2v) is 5.91. The summed E-state index contributed by atoms with van der Waals surface area (Å²) in [7, 11) is 0. The number of hydrogen-bond acceptors (Lipinski definition) is 5. The maximum atomic E-state index is 12.3. The number of Topliss-reactive ketones (excluding diaryl/α,β-unsaturated/α-hetero) is 1. The SMILES string of the molecule is CC.CC1C#CC(=O)C(OC(=O)c2ccccc2)=CC1OC(=O)c1ccccc1. The molecular weight excluding hydrogens is 368 g/mol. The van der Waals surface area contributed by atoms with Crippen molar-refractivity contribution >= 4 is 17.7 Å². The number of carbonyl (C=O) groups is 3. The van der Waals surface area contributed by atoms with Crippen LogP contribution in [0.1, 0.15) is 41.5 Å². The Morgan fingerprint density at radius 2 is 1.38 bits per heavy atom. The highest BCUT2D eigenvalue weighted by atomic mass is 16.6. The maximum Gasteiger partial charge on any atom is 0.343 e. The molecule has 0 saturated heterocycles. The van der Waals surface area contributed by atoms with Crippen LogP contribution in [-0.4, -0.2) is 23.8 Å². The third-order valence-corrected chi connectivity index (χ3v) is 3.91. The maximum absolute atomic E-state index is 12.3. The summed E-state index contributed by atoms with van der Waals surface area (Å²) < 4.78 is 10.7. The zero-order chi connectivity index (χ0) is 21.2. The Balaban J connectivity index is 0.00000145. The van der Waals surface area contributed by atoms with E-state index < -0.39 is 29.7 Å². The smallest absolute Gasteiger partial charge is 0.343 e. The number of carbonyl (C=O) groups excluding carboxylic acids is 3. The van der Waals surface area contributed by atoms with Gasteiger partial charge in [-0.05, 0) is 37.1 Å². The lowest BCUT2D eigenvalue weighted by Gasteiger charge is -2.17. The first-order chi connectivity index (χ1) is 14.0. The molecule has 0 bridgehead atoms. The van der Waals surface area contributed by atoms with Crippen LogP contribution in [0.4, 0.5) is 0 Å². The zero-order valence-electron chi connectivity index (χ0n) is 16.5. The summed E-state index contributed by atoms with van der Waals surface area (Å²) in [5.74, 6) is 2.60. The first-order valence-corrected chi connectivity index (χ1v) is 9.35. The van der Waals surface area contributed by atoms with E-state index in [0.717, 1.165) is 0 Å². The van der Waals surface area contributed by atoms with Gasteiger partial charge in [0.15, 0.2) is 5.76 Å². The van der Waals surface area contributed by atoms with Crippen molar-refractivity contribution < 1.29 is 23.9 Å². The molecule has 5 nitrogen and oxygen atoms in total. The van der Waals surface area contributed by atoms with Crippen LogP contribution in [0.15, 0.2) is 72.5 Å². The number of ketones is 1.